The summed E-state index contributed by atoms with van der Waals surface area (Å²) in [4.78, 5) is 23.6. The van der Waals surface area contributed by atoms with Crippen LogP contribution in [0.15, 0.2) is 84.9 Å². The summed E-state index contributed by atoms with van der Waals surface area (Å²) in [6.07, 6.45) is 0. The van der Waals surface area contributed by atoms with Crippen molar-refractivity contribution in [1.29, 1.82) is 0 Å². The third kappa shape index (κ3) is 4.32. The number of carbonyl (C=O) groups excluding carboxylic acids is 1. The fourth-order valence-electron chi connectivity index (χ4n) is 3.15. The average molecular weight is 416 g/mol. The Labute approximate surface area is 176 Å². The highest BCUT2D eigenvalue weighted by Crippen LogP contribution is 2.25. The van der Waals surface area contributed by atoms with Crippen molar-refractivity contribution in [3.63, 3.8) is 0 Å². The van der Waals surface area contributed by atoms with Crippen LogP contribution in [-0.4, -0.2) is 20.6 Å². The summed E-state index contributed by atoms with van der Waals surface area (Å²) < 4.78 is 15.6. The first-order valence-corrected chi connectivity index (χ1v) is 9.45. The Morgan fingerprint density at radius 1 is 1.00 bits per heavy atom. The van der Waals surface area contributed by atoms with Crippen molar-refractivity contribution in [2.45, 2.75) is 6.54 Å². The predicted octanol–water partition coefficient (Wildman–Crippen LogP) is 4.52. The first-order chi connectivity index (χ1) is 15.0. The van der Waals surface area contributed by atoms with E-state index in [0.29, 0.717) is 5.69 Å². The maximum Gasteiger partial charge on any atom is 0.271 e. The molecule has 0 aliphatic rings. The van der Waals surface area contributed by atoms with Crippen LogP contribution in [0, 0.1) is 15.9 Å². The maximum absolute atomic E-state index is 14.3. The summed E-state index contributed by atoms with van der Waals surface area (Å²) in [5.74, 6) is -0.923. The van der Waals surface area contributed by atoms with Gasteiger partial charge in [-0.2, -0.15) is 5.10 Å². The highest BCUT2D eigenvalue weighted by Gasteiger charge is 2.20. The summed E-state index contributed by atoms with van der Waals surface area (Å²) in [5.41, 5.74) is 1.69. The highest BCUT2D eigenvalue weighted by atomic mass is 19.1. The zero-order valence-electron chi connectivity index (χ0n) is 16.2. The van der Waals surface area contributed by atoms with E-state index in [4.69, 9.17) is 0 Å². The smallest absolute Gasteiger partial charge is 0.271 e. The molecule has 0 fully saturated rings. The molecule has 1 N–H and O–H groups in total. The lowest BCUT2D eigenvalue weighted by Crippen LogP contribution is -2.25. The van der Waals surface area contributed by atoms with Crippen molar-refractivity contribution in [3.05, 3.63) is 112 Å². The van der Waals surface area contributed by atoms with Gasteiger partial charge < -0.3 is 5.32 Å². The zero-order chi connectivity index (χ0) is 21.8. The van der Waals surface area contributed by atoms with Crippen molar-refractivity contribution in [3.8, 4) is 16.9 Å². The van der Waals surface area contributed by atoms with Crippen LogP contribution in [0.5, 0.6) is 0 Å². The van der Waals surface area contributed by atoms with E-state index in [1.807, 2.05) is 30.3 Å². The van der Waals surface area contributed by atoms with Crippen molar-refractivity contribution >= 4 is 11.6 Å². The van der Waals surface area contributed by atoms with E-state index >= 15 is 0 Å². The van der Waals surface area contributed by atoms with Gasteiger partial charge in [0.2, 0.25) is 0 Å². The van der Waals surface area contributed by atoms with Gasteiger partial charge in [-0.1, -0.05) is 48.5 Å². The normalized spacial score (nSPS) is 10.6. The Morgan fingerprint density at radius 3 is 2.48 bits per heavy atom. The van der Waals surface area contributed by atoms with E-state index in [2.05, 4.69) is 10.4 Å². The van der Waals surface area contributed by atoms with Gasteiger partial charge in [-0.05, 0) is 29.8 Å². The number of halogens is 1. The van der Waals surface area contributed by atoms with E-state index in [0.717, 1.165) is 5.56 Å². The van der Waals surface area contributed by atoms with Crippen molar-refractivity contribution in [2.75, 3.05) is 0 Å². The van der Waals surface area contributed by atoms with E-state index in [-0.39, 0.29) is 29.2 Å². The summed E-state index contributed by atoms with van der Waals surface area (Å²) in [6, 6.07) is 22.7. The Kier molecular flexibility index (Phi) is 5.53. The molecule has 0 saturated heterocycles. The van der Waals surface area contributed by atoms with Crippen molar-refractivity contribution < 1.29 is 14.1 Å². The molecule has 0 atom stereocenters. The molecule has 1 aromatic heterocycles. The van der Waals surface area contributed by atoms with Crippen LogP contribution in [-0.2, 0) is 6.54 Å². The minimum Gasteiger partial charge on any atom is -0.347 e. The minimum atomic E-state index is -0.528. The number of rotatable bonds is 6. The number of amides is 1. The lowest BCUT2D eigenvalue weighted by Gasteiger charge is -2.08. The molecule has 3 aromatic carbocycles. The number of nitrogens with zero attached hydrogens (tertiary/aromatic N) is 3. The number of nitro benzene ring substituents is 1. The zero-order valence-corrected chi connectivity index (χ0v) is 16.2. The molecule has 1 heterocycles. The van der Waals surface area contributed by atoms with Gasteiger partial charge in [-0.25, -0.2) is 9.07 Å². The molecule has 1 amide bonds. The number of nitro groups is 1. The van der Waals surface area contributed by atoms with Crippen LogP contribution in [0.4, 0.5) is 10.1 Å². The van der Waals surface area contributed by atoms with Gasteiger partial charge in [0, 0.05) is 24.2 Å². The van der Waals surface area contributed by atoms with Gasteiger partial charge in [0.15, 0.2) is 0 Å². The average Bonchev–Trinajstić information content (AvgIpc) is 3.24. The van der Waals surface area contributed by atoms with E-state index in [1.165, 1.54) is 35.0 Å². The Bertz CT molecular complexity index is 1250. The topological polar surface area (TPSA) is 90.1 Å². The number of benzene rings is 3. The second kappa shape index (κ2) is 8.58. The van der Waals surface area contributed by atoms with Crippen LogP contribution in [0.3, 0.4) is 0 Å². The first kappa shape index (κ1) is 20.0. The largest absolute Gasteiger partial charge is 0.347 e. The predicted molar refractivity (Wildman–Crippen MR) is 113 cm³/mol. The lowest BCUT2D eigenvalue weighted by atomic mass is 10.1. The van der Waals surface area contributed by atoms with Crippen LogP contribution in [0.2, 0.25) is 0 Å². The molecule has 154 valence electrons. The summed E-state index contributed by atoms with van der Waals surface area (Å²) in [5, 5.41) is 18.4. The molecule has 8 heteroatoms. The SMILES string of the molecule is O=C(NCc1ccccc1)c1cc(-c2ccccc2F)nn1-c1cccc([N+](=O)[O-])c1. The molecule has 0 bridgehead atoms. The molecular weight excluding hydrogens is 399 g/mol. The molecule has 0 unspecified atom stereocenters. The van der Waals surface area contributed by atoms with Gasteiger partial charge in [-0.3, -0.25) is 14.9 Å². The van der Waals surface area contributed by atoms with Crippen molar-refractivity contribution in [1.82, 2.24) is 15.1 Å². The van der Waals surface area contributed by atoms with Gasteiger partial charge in [-0.15, -0.1) is 0 Å². The number of non-ortho nitro benzene ring substituents is 1. The molecule has 4 aromatic rings. The number of hydrogen-bond donors (Lipinski definition) is 1. The fourth-order valence-corrected chi connectivity index (χ4v) is 3.15. The van der Waals surface area contributed by atoms with Crippen LogP contribution >= 0.6 is 0 Å². The quantitative estimate of drug-likeness (QED) is 0.370. The molecule has 0 saturated carbocycles. The summed E-state index contributed by atoms with van der Waals surface area (Å²) >= 11 is 0. The monoisotopic (exact) mass is 416 g/mol. The molecule has 4 rings (SSSR count). The third-order valence-corrected chi connectivity index (χ3v) is 4.67. The Balaban J connectivity index is 1.75. The molecule has 0 spiro atoms. The Hall–Kier alpha value is -4.33. The highest BCUT2D eigenvalue weighted by molar-refractivity contribution is 5.94. The number of hydrogen-bond acceptors (Lipinski definition) is 4. The third-order valence-electron chi connectivity index (χ3n) is 4.67. The molecule has 0 radical (unpaired) electrons. The number of aromatic nitrogens is 2. The number of carbonyl (C=O) groups is 1. The van der Waals surface area contributed by atoms with Crippen LogP contribution < -0.4 is 5.32 Å². The fraction of sp³-hybridized carbons (Fsp3) is 0.0435. The number of nitrogens with one attached hydrogen (secondary N) is 1. The Morgan fingerprint density at radius 2 is 1.74 bits per heavy atom. The standard InChI is InChI=1S/C23H17FN4O3/c24-20-12-5-4-11-19(20)21-14-22(23(29)25-15-16-7-2-1-3-8-16)27(26-21)17-9-6-10-18(13-17)28(30)31/h1-14H,15H2,(H,25,29). The van der Waals surface area contributed by atoms with Gasteiger partial charge in [0.05, 0.1) is 16.3 Å². The second-order valence-corrected chi connectivity index (χ2v) is 6.75. The summed E-state index contributed by atoms with van der Waals surface area (Å²) in [6.45, 7) is 0.287. The lowest BCUT2D eigenvalue weighted by molar-refractivity contribution is -0.384. The van der Waals surface area contributed by atoms with Crippen LogP contribution in [0.25, 0.3) is 16.9 Å². The van der Waals surface area contributed by atoms with Gasteiger partial charge >= 0.3 is 0 Å². The summed E-state index contributed by atoms with van der Waals surface area (Å²) in [7, 11) is 0. The molecule has 31 heavy (non-hydrogen) atoms. The first-order valence-electron chi connectivity index (χ1n) is 9.45. The molecular formula is C23H17FN4O3. The van der Waals surface area contributed by atoms with Crippen molar-refractivity contribution in [2.24, 2.45) is 0 Å². The van der Waals surface area contributed by atoms with Gasteiger partial charge in [0.1, 0.15) is 11.5 Å². The van der Waals surface area contributed by atoms with Crippen LogP contribution in [0.1, 0.15) is 16.1 Å². The molecule has 0 aliphatic heterocycles. The van der Waals surface area contributed by atoms with E-state index in [1.54, 1.807) is 24.3 Å². The second-order valence-electron chi connectivity index (χ2n) is 6.75. The van der Waals surface area contributed by atoms with E-state index < -0.39 is 16.6 Å². The minimum absolute atomic E-state index is 0.134. The van der Waals surface area contributed by atoms with Gasteiger partial charge in [0.25, 0.3) is 11.6 Å². The molecule has 7 nitrogen and oxygen atoms in total. The maximum atomic E-state index is 14.3. The van der Waals surface area contributed by atoms with E-state index in [9.17, 15) is 19.3 Å². The molecule has 0 aliphatic carbocycles.